The van der Waals surface area contributed by atoms with Crippen LogP contribution < -0.4 is 0 Å². The van der Waals surface area contributed by atoms with E-state index in [1.54, 1.807) is 62.0 Å². The summed E-state index contributed by atoms with van der Waals surface area (Å²) in [6.07, 6.45) is 23.8. The van der Waals surface area contributed by atoms with Crippen LogP contribution in [0.15, 0.2) is 352 Å². The third-order valence-electron chi connectivity index (χ3n) is 14.8. The Balaban J connectivity index is 0.000000168. The summed E-state index contributed by atoms with van der Waals surface area (Å²) in [5.74, 6) is 0. The number of aryl methyl sites for hydroxylation is 2. The van der Waals surface area contributed by atoms with E-state index in [-0.39, 0.29) is 39.0 Å². The van der Waals surface area contributed by atoms with Crippen molar-refractivity contribution in [2.75, 3.05) is 0 Å². The van der Waals surface area contributed by atoms with Gasteiger partial charge in [-0.3, -0.25) is 59.8 Å². The second-order valence-corrected chi connectivity index (χ2v) is 23.3. The molecule has 15 heteroatoms. The first-order valence-corrected chi connectivity index (χ1v) is 34.3. The van der Waals surface area contributed by atoms with Crippen molar-refractivity contribution in [1.29, 1.82) is 0 Å². The number of hydrogen-bond donors (Lipinski definition) is 0. The predicted octanol–water partition coefficient (Wildman–Crippen LogP) is 22.9. The molecule has 0 saturated carbocycles. The Morgan fingerprint density at radius 2 is 0.505 bits per heavy atom. The van der Waals surface area contributed by atoms with Gasteiger partial charge in [0.2, 0.25) is 0 Å². The van der Waals surface area contributed by atoms with Crippen molar-refractivity contribution in [2.45, 2.75) is 54.4 Å². The minimum atomic E-state index is 0. The number of nitrogens with zero attached hydrogens (tertiary/aromatic N) is 12. The Bertz CT molecular complexity index is 4690. The van der Waals surface area contributed by atoms with Crippen LogP contribution in [0.5, 0.6) is 0 Å². The molecule has 0 aliphatic rings. The fourth-order valence-electron chi connectivity index (χ4n) is 10.1. The molecule has 0 bridgehead atoms. The van der Waals surface area contributed by atoms with Crippen molar-refractivity contribution in [3.8, 4) is 56.9 Å². The SMILES string of the molecule is Brc1cccnc1-c1ccccn1.CCC.CCC.Cc1ccc2ccccc2c1C.[Ru].[Ru].c1ccc(-c2ccccn2)nc1.c1ccc(-c2ccccn2)nc1.c1ccc(-c2ccccn2)nc1.c1ccc(-c2ccccn2)nc1.c1ccc2c(c1)ccc1c3cccnc3c3ncccc3c21. The molecular weight excluding hydrogens is 1510 g/mol. The molecule has 5 aromatic carbocycles. The monoisotopic (exact) mass is 1590 g/mol. The van der Waals surface area contributed by atoms with Crippen LogP contribution >= 0.6 is 15.9 Å². The van der Waals surface area contributed by atoms with Gasteiger partial charge < -0.3 is 0 Å². The molecule has 0 radical (unpaired) electrons. The van der Waals surface area contributed by atoms with Gasteiger partial charge >= 0.3 is 0 Å². The summed E-state index contributed by atoms with van der Waals surface area (Å²) in [6.45, 7) is 12.8. The molecule has 12 aromatic heterocycles. The second-order valence-electron chi connectivity index (χ2n) is 22.4. The van der Waals surface area contributed by atoms with Crippen LogP contribution in [-0.4, -0.2) is 59.8 Å². The molecule has 0 N–H and O–H groups in total. The van der Waals surface area contributed by atoms with Gasteiger partial charge in [0.05, 0.1) is 62.3 Å². The number of rotatable bonds is 5. The molecule has 12 heterocycles. The molecule has 0 aliphatic heterocycles. The summed E-state index contributed by atoms with van der Waals surface area (Å²) in [5.41, 5.74) is 13.8. The maximum absolute atomic E-state index is 4.60. The molecular formula is C88H79BrN12Ru2. The van der Waals surface area contributed by atoms with Crippen molar-refractivity contribution in [3.05, 3.63) is 363 Å². The normalized spacial score (nSPS) is 9.82. The summed E-state index contributed by atoms with van der Waals surface area (Å²) in [6, 6.07) is 90.0. The molecule has 0 spiro atoms. The molecule has 0 saturated heterocycles. The Morgan fingerprint density at radius 1 is 0.233 bits per heavy atom. The zero-order chi connectivity index (χ0) is 70.5. The average Bonchev–Trinajstić information content (AvgIpc) is 0.732. The van der Waals surface area contributed by atoms with Gasteiger partial charge in [0.15, 0.2) is 0 Å². The van der Waals surface area contributed by atoms with Crippen LogP contribution in [0.2, 0.25) is 0 Å². The minimum Gasteiger partial charge on any atom is -0.255 e. The van der Waals surface area contributed by atoms with Gasteiger partial charge in [0.25, 0.3) is 0 Å². The molecule has 17 aromatic rings. The minimum absolute atomic E-state index is 0. The maximum atomic E-state index is 4.60. The van der Waals surface area contributed by atoms with Gasteiger partial charge in [-0.2, -0.15) is 0 Å². The van der Waals surface area contributed by atoms with Crippen LogP contribution in [0.1, 0.15) is 51.7 Å². The van der Waals surface area contributed by atoms with Gasteiger partial charge in [-0.25, -0.2) is 0 Å². The van der Waals surface area contributed by atoms with Gasteiger partial charge in [-0.05, 0) is 207 Å². The van der Waals surface area contributed by atoms with Crippen molar-refractivity contribution in [1.82, 2.24) is 59.8 Å². The first-order valence-electron chi connectivity index (χ1n) is 33.5. The molecule has 0 aliphatic carbocycles. The molecule has 103 heavy (non-hydrogen) atoms. The van der Waals surface area contributed by atoms with Crippen LogP contribution in [0.4, 0.5) is 0 Å². The summed E-state index contributed by atoms with van der Waals surface area (Å²) < 4.78 is 0.966. The number of pyridine rings is 12. The van der Waals surface area contributed by atoms with Crippen LogP contribution in [0.3, 0.4) is 0 Å². The van der Waals surface area contributed by atoms with Crippen molar-refractivity contribution >= 4 is 70.1 Å². The molecule has 0 unspecified atom stereocenters. The van der Waals surface area contributed by atoms with Crippen molar-refractivity contribution < 1.29 is 39.0 Å². The van der Waals surface area contributed by atoms with Crippen LogP contribution in [0.25, 0.3) is 111 Å². The summed E-state index contributed by atoms with van der Waals surface area (Å²) >= 11 is 3.43. The van der Waals surface area contributed by atoms with E-state index < -0.39 is 0 Å². The fourth-order valence-corrected chi connectivity index (χ4v) is 10.6. The smallest absolute Gasteiger partial charge is 0.103 e. The zero-order valence-electron chi connectivity index (χ0n) is 58.3. The molecule has 0 fully saturated rings. The fraction of sp³-hybridized carbons (Fsp3) is 0.0909. The van der Waals surface area contributed by atoms with E-state index in [1.165, 1.54) is 61.7 Å². The molecule has 17 rings (SSSR count). The van der Waals surface area contributed by atoms with E-state index in [0.717, 1.165) is 77.8 Å². The third-order valence-corrected chi connectivity index (χ3v) is 15.5. The first kappa shape index (κ1) is 79.3. The van der Waals surface area contributed by atoms with Crippen molar-refractivity contribution in [2.24, 2.45) is 0 Å². The van der Waals surface area contributed by atoms with E-state index in [0.29, 0.717) is 0 Å². The van der Waals surface area contributed by atoms with Gasteiger partial charge in [-0.1, -0.05) is 180 Å². The number of fused-ring (bicyclic) bond motifs is 9. The number of hydrogen-bond acceptors (Lipinski definition) is 12. The Hall–Kier alpha value is -11.1. The van der Waals surface area contributed by atoms with E-state index in [1.807, 2.05) is 200 Å². The topological polar surface area (TPSA) is 155 Å². The first-order chi connectivity index (χ1) is 49.8. The molecule has 0 atom stereocenters. The Labute approximate surface area is 638 Å². The third kappa shape index (κ3) is 23.8. The standard InChI is InChI=1S/C20H12N2.C12H12.C10H7BrN2.4C10H8N2.2C3H8.2Ru/c1-2-6-14-13(5-1)9-10-15-16-7-3-11-21-19(16)20-17(18(14)15)8-4-12-22-20;1-9-7-8-11-5-3-4-6-12(11)10(9)2;11-8-4-3-7-13-10(8)9-5-1-2-6-12-9;4*1-3-7-11-9(5-1)10-6-2-4-8-12-10;2*1-3-2;;/h1-12H;3-8H,1-2H3;1-7H;4*1-8H;2*3H2,1-2H3;;. The second kappa shape index (κ2) is 44.2. The molecule has 0 amide bonds. The number of halogens is 1. The zero-order valence-corrected chi connectivity index (χ0v) is 63.3. The molecule has 514 valence electrons. The predicted molar refractivity (Wildman–Crippen MR) is 422 cm³/mol. The number of benzene rings is 5. The summed E-state index contributed by atoms with van der Waals surface area (Å²) in [4.78, 5) is 51.1. The largest absolute Gasteiger partial charge is 0.255 e. The number of aromatic nitrogens is 12. The van der Waals surface area contributed by atoms with E-state index >= 15 is 0 Å². The van der Waals surface area contributed by atoms with E-state index in [9.17, 15) is 0 Å². The van der Waals surface area contributed by atoms with E-state index in [2.05, 4.69) is 202 Å². The Kier molecular flexibility index (Phi) is 34.0. The van der Waals surface area contributed by atoms with Crippen LogP contribution in [-0.2, 0) is 39.0 Å². The Morgan fingerprint density at radius 3 is 0.864 bits per heavy atom. The van der Waals surface area contributed by atoms with Gasteiger partial charge in [0.1, 0.15) is 5.69 Å². The van der Waals surface area contributed by atoms with Crippen LogP contribution in [0, 0.1) is 13.8 Å². The van der Waals surface area contributed by atoms with Gasteiger partial charge in [-0.15, -0.1) is 0 Å². The van der Waals surface area contributed by atoms with Crippen molar-refractivity contribution in [3.63, 3.8) is 0 Å². The summed E-state index contributed by atoms with van der Waals surface area (Å²) in [5, 5.41) is 10.1. The summed E-state index contributed by atoms with van der Waals surface area (Å²) in [7, 11) is 0. The average molecular weight is 1590 g/mol. The van der Waals surface area contributed by atoms with E-state index in [4.69, 9.17) is 0 Å². The molecule has 12 nitrogen and oxygen atoms in total. The van der Waals surface area contributed by atoms with Gasteiger partial charge in [0, 0.05) is 129 Å². The maximum Gasteiger partial charge on any atom is 0.103 e. The quantitative estimate of drug-likeness (QED) is 0.119.